The van der Waals surface area contributed by atoms with Gasteiger partial charge in [0, 0.05) is 23.2 Å². The first-order valence-electron chi connectivity index (χ1n) is 6.83. The Morgan fingerprint density at radius 2 is 2.17 bits per heavy atom. The Kier molecular flexibility index (Phi) is 3.06. The summed E-state index contributed by atoms with van der Waals surface area (Å²) in [6, 6.07) is 2.34. The van der Waals surface area contributed by atoms with Crippen LogP contribution in [0.15, 0.2) is 6.07 Å². The number of nitrogens with zero attached hydrogens (tertiary/aromatic N) is 1. The predicted octanol–water partition coefficient (Wildman–Crippen LogP) is 3.04. The third kappa shape index (κ3) is 1.92. The van der Waals surface area contributed by atoms with Gasteiger partial charge in [-0.3, -0.25) is 4.79 Å². The molecular formula is C14H20N2OS. The number of carbonyl (C=O) groups excluding carboxylic acids is 1. The van der Waals surface area contributed by atoms with Gasteiger partial charge in [0.2, 0.25) is 0 Å². The quantitative estimate of drug-likeness (QED) is 0.847. The first-order chi connectivity index (χ1) is 8.66. The number of rotatable bonds is 1. The van der Waals surface area contributed by atoms with Gasteiger partial charge in [0.15, 0.2) is 0 Å². The molecule has 0 spiro atoms. The van der Waals surface area contributed by atoms with Crippen molar-refractivity contribution in [3.63, 3.8) is 0 Å². The summed E-state index contributed by atoms with van der Waals surface area (Å²) >= 11 is 1.53. The maximum absolute atomic E-state index is 12.5. The van der Waals surface area contributed by atoms with Gasteiger partial charge in [0.1, 0.15) is 0 Å². The van der Waals surface area contributed by atoms with E-state index in [1.54, 1.807) is 0 Å². The van der Waals surface area contributed by atoms with Crippen molar-refractivity contribution >= 4 is 22.9 Å². The SMILES string of the molecule is Cc1sc(C(=O)N2CCC3CCCCC32)cc1N. The first-order valence-corrected chi connectivity index (χ1v) is 7.65. The maximum atomic E-state index is 12.5. The molecule has 18 heavy (non-hydrogen) atoms. The lowest BCUT2D eigenvalue weighted by molar-refractivity contribution is 0.0695. The highest BCUT2D eigenvalue weighted by Crippen LogP contribution is 2.37. The van der Waals surface area contributed by atoms with E-state index in [1.807, 2.05) is 13.0 Å². The van der Waals surface area contributed by atoms with E-state index in [0.717, 1.165) is 27.9 Å². The van der Waals surface area contributed by atoms with Crippen LogP contribution in [0.4, 0.5) is 5.69 Å². The monoisotopic (exact) mass is 264 g/mol. The molecule has 1 saturated carbocycles. The van der Waals surface area contributed by atoms with Crippen molar-refractivity contribution in [1.82, 2.24) is 4.90 Å². The zero-order valence-corrected chi connectivity index (χ0v) is 11.6. The standard InChI is InChI=1S/C14H20N2OS/c1-9-11(15)8-13(18-9)14(17)16-7-6-10-4-2-3-5-12(10)16/h8,10,12H,2-7,15H2,1H3. The van der Waals surface area contributed by atoms with Gasteiger partial charge in [0.05, 0.1) is 4.88 Å². The van der Waals surface area contributed by atoms with Crippen LogP contribution >= 0.6 is 11.3 Å². The summed E-state index contributed by atoms with van der Waals surface area (Å²) in [6.45, 7) is 2.91. The number of hydrogen-bond donors (Lipinski definition) is 1. The van der Waals surface area contributed by atoms with E-state index in [9.17, 15) is 4.79 Å². The summed E-state index contributed by atoms with van der Waals surface area (Å²) < 4.78 is 0. The van der Waals surface area contributed by atoms with Crippen LogP contribution in [0.2, 0.25) is 0 Å². The third-order valence-corrected chi connectivity index (χ3v) is 5.49. The van der Waals surface area contributed by atoms with Crippen LogP contribution in [0.3, 0.4) is 0 Å². The molecule has 1 aromatic heterocycles. The molecule has 1 aromatic rings. The van der Waals surface area contributed by atoms with E-state index < -0.39 is 0 Å². The lowest BCUT2D eigenvalue weighted by atomic mass is 9.85. The average molecular weight is 264 g/mol. The molecule has 2 aliphatic rings. The fourth-order valence-corrected chi connectivity index (χ4v) is 4.30. The molecule has 2 unspecified atom stereocenters. The molecule has 3 rings (SSSR count). The van der Waals surface area contributed by atoms with Crippen LogP contribution in [0, 0.1) is 12.8 Å². The average Bonchev–Trinajstić information content (AvgIpc) is 2.93. The van der Waals surface area contributed by atoms with E-state index >= 15 is 0 Å². The highest BCUT2D eigenvalue weighted by atomic mass is 32.1. The molecule has 2 atom stereocenters. The van der Waals surface area contributed by atoms with Crippen molar-refractivity contribution in [2.75, 3.05) is 12.3 Å². The molecule has 2 N–H and O–H groups in total. The third-order valence-electron chi connectivity index (χ3n) is 4.44. The molecule has 1 aliphatic carbocycles. The van der Waals surface area contributed by atoms with Gasteiger partial charge in [-0.2, -0.15) is 0 Å². The molecular weight excluding hydrogens is 244 g/mol. The number of nitrogen functional groups attached to an aromatic ring is 1. The molecule has 1 amide bonds. The van der Waals surface area contributed by atoms with Crippen molar-refractivity contribution < 1.29 is 4.79 Å². The number of amides is 1. The summed E-state index contributed by atoms with van der Waals surface area (Å²) in [5.41, 5.74) is 6.60. The molecule has 0 radical (unpaired) electrons. The van der Waals surface area contributed by atoms with Crippen molar-refractivity contribution in [2.24, 2.45) is 5.92 Å². The minimum absolute atomic E-state index is 0.203. The molecule has 1 aliphatic heterocycles. The van der Waals surface area contributed by atoms with Crippen molar-refractivity contribution in [3.8, 4) is 0 Å². The number of thiophene rings is 1. The van der Waals surface area contributed by atoms with Crippen molar-refractivity contribution in [3.05, 3.63) is 15.8 Å². The van der Waals surface area contributed by atoms with Crippen molar-refractivity contribution in [2.45, 2.75) is 45.1 Å². The Morgan fingerprint density at radius 1 is 1.39 bits per heavy atom. The number of carbonyl (C=O) groups is 1. The smallest absolute Gasteiger partial charge is 0.264 e. The highest BCUT2D eigenvalue weighted by Gasteiger charge is 2.38. The number of fused-ring (bicyclic) bond motifs is 1. The molecule has 2 fully saturated rings. The molecule has 1 saturated heterocycles. The van der Waals surface area contributed by atoms with Crippen LogP contribution < -0.4 is 5.73 Å². The summed E-state index contributed by atoms with van der Waals surface area (Å²) in [6.07, 6.45) is 6.30. The van der Waals surface area contributed by atoms with Gasteiger partial charge in [-0.1, -0.05) is 12.8 Å². The lowest BCUT2D eigenvalue weighted by Crippen LogP contribution is -2.38. The molecule has 2 heterocycles. The van der Waals surface area contributed by atoms with E-state index in [-0.39, 0.29) is 5.91 Å². The molecule has 0 aromatic carbocycles. The first kappa shape index (κ1) is 12.0. The summed E-state index contributed by atoms with van der Waals surface area (Å²) in [7, 11) is 0. The maximum Gasteiger partial charge on any atom is 0.264 e. The Labute approximate surface area is 112 Å². The predicted molar refractivity (Wildman–Crippen MR) is 74.9 cm³/mol. The zero-order valence-electron chi connectivity index (χ0n) is 10.8. The van der Waals surface area contributed by atoms with Gasteiger partial charge in [-0.15, -0.1) is 11.3 Å². The largest absolute Gasteiger partial charge is 0.398 e. The minimum Gasteiger partial charge on any atom is -0.398 e. The van der Waals surface area contributed by atoms with Gasteiger partial charge in [-0.05, 0) is 38.2 Å². The van der Waals surface area contributed by atoms with Gasteiger partial charge in [-0.25, -0.2) is 0 Å². The molecule has 0 bridgehead atoms. The zero-order chi connectivity index (χ0) is 12.7. The fourth-order valence-electron chi connectivity index (χ4n) is 3.40. The fraction of sp³-hybridized carbons (Fsp3) is 0.643. The Morgan fingerprint density at radius 3 is 2.89 bits per heavy atom. The number of nitrogens with two attached hydrogens (primary N) is 1. The highest BCUT2D eigenvalue weighted by molar-refractivity contribution is 7.14. The summed E-state index contributed by atoms with van der Waals surface area (Å²) in [5, 5.41) is 0. The van der Waals surface area contributed by atoms with Crippen LogP contribution in [0.1, 0.15) is 46.7 Å². The van der Waals surface area contributed by atoms with Crippen LogP contribution in [0.25, 0.3) is 0 Å². The topological polar surface area (TPSA) is 46.3 Å². The Hall–Kier alpha value is -1.03. The second-order valence-electron chi connectivity index (χ2n) is 5.52. The second kappa shape index (κ2) is 4.57. The summed E-state index contributed by atoms with van der Waals surface area (Å²) in [5.74, 6) is 0.954. The van der Waals surface area contributed by atoms with E-state index in [1.165, 1.54) is 43.4 Å². The molecule has 3 nitrogen and oxygen atoms in total. The lowest BCUT2D eigenvalue weighted by Gasteiger charge is -2.31. The van der Waals surface area contributed by atoms with Crippen molar-refractivity contribution in [1.29, 1.82) is 0 Å². The number of hydrogen-bond acceptors (Lipinski definition) is 3. The normalized spacial score (nSPS) is 27.3. The number of aryl methyl sites for hydroxylation is 1. The minimum atomic E-state index is 0.203. The number of likely N-dealkylation sites (tertiary alicyclic amines) is 1. The number of anilines is 1. The van der Waals surface area contributed by atoms with E-state index in [2.05, 4.69) is 4.90 Å². The second-order valence-corrected chi connectivity index (χ2v) is 6.78. The Bertz CT molecular complexity index is 449. The van der Waals surface area contributed by atoms with Crippen LogP contribution in [0.5, 0.6) is 0 Å². The molecule has 98 valence electrons. The van der Waals surface area contributed by atoms with E-state index in [0.29, 0.717) is 6.04 Å². The Balaban J connectivity index is 1.80. The van der Waals surface area contributed by atoms with Gasteiger partial charge < -0.3 is 10.6 Å². The van der Waals surface area contributed by atoms with Gasteiger partial charge >= 0.3 is 0 Å². The summed E-state index contributed by atoms with van der Waals surface area (Å²) in [4.78, 5) is 16.5. The van der Waals surface area contributed by atoms with E-state index in [4.69, 9.17) is 5.73 Å². The van der Waals surface area contributed by atoms with Gasteiger partial charge in [0.25, 0.3) is 5.91 Å². The van der Waals surface area contributed by atoms with Crippen LogP contribution in [-0.2, 0) is 0 Å². The molecule has 4 heteroatoms. The van der Waals surface area contributed by atoms with Crippen LogP contribution in [-0.4, -0.2) is 23.4 Å².